The second kappa shape index (κ2) is 4.95. The molecule has 0 bridgehead atoms. The summed E-state index contributed by atoms with van der Waals surface area (Å²) in [6.45, 7) is -0.760. The Morgan fingerprint density at radius 3 is 2.11 bits per heavy atom. The number of hydrogen-bond donors (Lipinski definition) is 1. The molecule has 0 unspecified atom stereocenters. The van der Waals surface area contributed by atoms with Crippen molar-refractivity contribution in [3.05, 3.63) is 23.8 Å². The number of nitrogen functional groups attached to an aromatic ring is 1. The fourth-order valence-corrected chi connectivity index (χ4v) is 1.15. The number of halogens is 6. The Morgan fingerprint density at radius 2 is 1.61 bits per heavy atom. The topological polar surface area (TPSA) is 35.2 Å². The highest BCUT2D eigenvalue weighted by atomic mass is 19.4. The number of nitrogens with two attached hydrogens (primary N) is 1. The standard InChI is InChI=1S/C10H9F6NO/c11-9(12,13)1-2-18-8-4-6(10(14,15)16)3-7(17)5-8/h3-5H,1-2,17H2. The normalized spacial score (nSPS) is 12.6. The maximum absolute atomic E-state index is 12.4. The van der Waals surface area contributed by atoms with Gasteiger partial charge in [-0.05, 0) is 12.1 Å². The maximum Gasteiger partial charge on any atom is 0.416 e. The molecular formula is C10H9F6NO. The van der Waals surface area contributed by atoms with E-state index in [1.165, 1.54) is 0 Å². The molecule has 0 atom stereocenters. The summed E-state index contributed by atoms with van der Waals surface area (Å²) in [7, 11) is 0. The van der Waals surface area contributed by atoms with Crippen LogP contribution in [-0.4, -0.2) is 12.8 Å². The van der Waals surface area contributed by atoms with Gasteiger partial charge in [0.05, 0.1) is 18.6 Å². The van der Waals surface area contributed by atoms with E-state index in [0.717, 1.165) is 6.07 Å². The third kappa shape index (κ3) is 4.72. The van der Waals surface area contributed by atoms with Crippen LogP contribution in [0, 0.1) is 0 Å². The zero-order chi connectivity index (χ0) is 14.0. The van der Waals surface area contributed by atoms with Crippen LogP contribution in [-0.2, 0) is 6.18 Å². The Kier molecular flexibility index (Phi) is 3.98. The number of alkyl halides is 6. The molecule has 0 saturated heterocycles. The Labute approximate surface area is 98.3 Å². The van der Waals surface area contributed by atoms with E-state index >= 15 is 0 Å². The van der Waals surface area contributed by atoms with Crippen molar-refractivity contribution in [1.82, 2.24) is 0 Å². The van der Waals surface area contributed by atoms with Crippen LogP contribution in [0.2, 0.25) is 0 Å². The molecule has 0 saturated carbocycles. The van der Waals surface area contributed by atoms with Crippen LogP contribution in [0.4, 0.5) is 32.0 Å². The molecule has 0 amide bonds. The fraction of sp³-hybridized carbons (Fsp3) is 0.400. The zero-order valence-corrected chi connectivity index (χ0v) is 8.90. The van der Waals surface area contributed by atoms with E-state index in [4.69, 9.17) is 5.73 Å². The van der Waals surface area contributed by atoms with Crippen molar-refractivity contribution < 1.29 is 31.1 Å². The molecule has 8 heteroatoms. The molecule has 0 aliphatic rings. The molecule has 0 heterocycles. The average Bonchev–Trinajstić information content (AvgIpc) is 2.13. The maximum atomic E-state index is 12.4. The summed E-state index contributed by atoms with van der Waals surface area (Å²) in [6, 6.07) is 2.31. The van der Waals surface area contributed by atoms with Crippen LogP contribution < -0.4 is 10.5 Å². The molecule has 102 valence electrons. The predicted molar refractivity (Wildman–Crippen MR) is 52.0 cm³/mol. The van der Waals surface area contributed by atoms with Crippen LogP contribution in [0.15, 0.2) is 18.2 Å². The summed E-state index contributed by atoms with van der Waals surface area (Å²) in [5, 5.41) is 0. The van der Waals surface area contributed by atoms with Gasteiger partial charge in [-0.1, -0.05) is 0 Å². The van der Waals surface area contributed by atoms with Crippen LogP contribution in [0.1, 0.15) is 12.0 Å². The van der Waals surface area contributed by atoms with Crippen molar-refractivity contribution in [1.29, 1.82) is 0 Å². The second-order valence-electron chi connectivity index (χ2n) is 3.50. The van der Waals surface area contributed by atoms with Gasteiger partial charge in [0, 0.05) is 11.8 Å². The van der Waals surface area contributed by atoms with E-state index in [2.05, 4.69) is 4.74 Å². The number of benzene rings is 1. The van der Waals surface area contributed by atoms with Crippen molar-refractivity contribution in [2.24, 2.45) is 0 Å². The summed E-state index contributed by atoms with van der Waals surface area (Å²) in [4.78, 5) is 0. The number of hydrogen-bond acceptors (Lipinski definition) is 2. The lowest BCUT2D eigenvalue weighted by Crippen LogP contribution is -2.13. The van der Waals surface area contributed by atoms with Gasteiger partial charge in [-0.25, -0.2) is 0 Å². The third-order valence-corrected chi connectivity index (χ3v) is 1.91. The molecule has 0 radical (unpaired) electrons. The van der Waals surface area contributed by atoms with E-state index in [1.54, 1.807) is 0 Å². The van der Waals surface area contributed by atoms with Crippen molar-refractivity contribution in [3.8, 4) is 5.75 Å². The second-order valence-corrected chi connectivity index (χ2v) is 3.50. The van der Waals surface area contributed by atoms with Gasteiger partial charge >= 0.3 is 12.4 Å². The molecule has 0 spiro atoms. The first-order valence-corrected chi connectivity index (χ1v) is 4.75. The highest BCUT2D eigenvalue weighted by Crippen LogP contribution is 2.33. The first-order chi connectivity index (χ1) is 8.08. The van der Waals surface area contributed by atoms with Crippen molar-refractivity contribution in [2.75, 3.05) is 12.3 Å². The lowest BCUT2D eigenvalue weighted by molar-refractivity contribution is -0.141. The number of rotatable bonds is 3. The summed E-state index contributed by atoms with van der Waals surface area (Å²) in [5.74, 6) is -0.341. The lowest BCUT2D eigenvalue weighted by Gasteiger charge is -2.12. The number of ether oxygens (including phenoxy) is 1. The van der Waals surface area contributed by atoms with E-state index in [0.29, 0.717) is 12.1 Å². The average molecular weight is 273 g/mol. The van der Waals surface area contributed by atoms with Crippen LogP contribution >= 0.6 is 0 Å². The lowest BCUT2D eigenvalue weighted by atomic mass is 10.2. The molecule has 0 fully saturated rings. The summed E-state index contributed by atoms with van der Waals surface area (Å²) >= 11 is 0. The Morgan fingerprint density at radius 1 is 1.00 bits per heavy atom. The van der Waals surface area contributed by atoms with Gasteiger partial charge in [-0.3, -0.25) is 0 Å². The zero-order valence-electron chi connectivity index (χ0n) is 8.90. The van der Waals surface area contributed by atoms with Crippen LogP contribution in [0.5, 0.6) is 5.75 Å². The SMILES string of the molecule is Nc1cc(OCCC(F)(F)F)cc(C(F)(F)F)c1. The fourth-order valence-electron chi connectivity index (χ4n) is 1.15. The van der Waals surface area contributed by atoms with Gasteiger partial charge in [0.25, 0.3) is 0 Å². The molecule has 2 N–H and O–H groups in total. The quantitative estimate of drug-likeness (QED) is 0.674. The van der Waals surface area contributed by atoms with E-state index < -0.39 is 30.9 Å². The largest absolute Gasteiger partial charge is 0.493 e. The van der Waals surface area contributed by atoms with Gasteiger partial charge in [-0.15, -0.1) is 0 Å². The Hall–Kier alpha value is -1.60. The van der Waals surface area contributed by atoms with Gasteiger partial charge < -0.3 is 10.5 Å². The molecule has 0 aliphatic heterocycles. The summed E-state index contributed by atoms with van der Waals surface area (Å²) < 4.78 is 77.2. The predicted octanol–water partition coefficient (Wildman–Crippen LogP) is 3.62. The third-order valence-electron chi connectivity index (χ3n) is 1.91. The van der Waals surface area contributed by atoms with Crippen molar-refractivity contribution in [3.63, 3.8) is 0 Å². The molecule has 1 rings (SSSR count). The smallest absolute Gasteiger partial charge is 0.416 e. The molecular weight excluding hydrogens is 264 g/mol. The molecule has 0 aliphatic carbocycles. The van der Waals surface area contributed by atoms with Gasteiger partial charge in [0.1, 0.15) is 5.75 Å². The minimum Gasteiger partial charge on any atom is -0.493 e. The molecule has 0 aromatic heterocycles. The van der Waals surface area contributed by atoms with Crippen LogP contribution in [0.25, 0.3) is 0 Å². The highest BCUT2D eigenvalue weighted by Gasteiger charge is 2.31. The summed E-state index contributed by atoms with van der Waals surface area (Å²) in [6.07, 6.45) is -10.3. The van der Waals surface area contributed by atoms with Gasteiger partial charge in [-0.2, -0.15) is 26.3 Å². The van der Waals surface area contributed by atoms with Gasteiger partial charge in [0.2, 0.25) is 0 Å². The minimum absolute atomic E-state index is 0.230. The van der Waals surface area contributed by atoms with E-state index in [-0.39, 0.29) is 11.4 Å². The van der Waals surface area contributed by atoms with E-state index in [1.807, 2.05) is 0 Å². The molecule has 1 aromatic rings. The molecule has 2 nitrogen and oxygen atoms in total. The molecule has 18 heavy (non-hydrogen) atoms. The van der Waals surface area contributed by atoms with E-state index in [9.17, 15) is 26.3 Å². The highest BCUT2D eigenvalue weighted by molar-refractivity contribution is 5.48. The van der Waals surface area contributed by atoms with Crippen molar-refractivity contribution >= 4 is 5.69 Å². The first kappa shape index (κ1) is 14.5. The molecule has 1 aromatic carbocycles. The Bertz CT molecular complexity index is 412. The monoisotopic (exact) mass is 273 g/mol. The van der Waals surface area contributed by atoms with Crippen LogP contribution in [0.3, 0.4) is 0 Å². The Balaban J connectivity index is 2.75. The minimum atomic E-state index is -4.63. The van der Waals surface area contributed by atoms with Gasteiger partial charge in [0.15, 0.2) is 0 Å². The number of anilines is 1. The summed E-state index contributed by atoms with van der Waals surface area (Å²) in [5.41, 5.74) is 3.92. The van der Waals surface area contributed by atoms with Crippen molar-refractivity contribution in [2.45, 2.75) is 18.8 Å². The first-order valence-electron chi connectivity index (χ1n) is 4.75.